The number of ether oxygens (including phenoxy) is 2. The number of benzene rings is 2. The Bertz CT molecular complexity index is 1290. The van der Waals surface area contributed by atoms with Crippen molar-refractivity contribution in [2.24, 2.45) is 7.05 Å². The lowest BCUT2D eigenvalue weighted by molar-refractivity contribution is -0.139. The Hall–Kier alpha value is -3.45. The number of amides is 1. The molecule has 1 aliphatic heterocycles. The number of carbonyl (C=O) groups is 2. The Kier molecular flexibility index (Phi) is 6.08. The summed E-state index contributed by atoms with van der Waals surface area (Å²) in [5.74, 6) is -1.15. The highest BCUT2D eigenvalue weighted by Gasteiger charge is 2.47. The van der Waals surface area contributed by atoms with Gasteiger partial charge in [0.25, 0.3) is 11.7 Å². The fraction of sp³-hybridized carbons (Fsp3) is 0.280. The minimum Gasteiger partial charge on any atom is -0.507 e. The number of aliphatic hydroxyl groups excluding tert-OH is 1. The molecule has 3 aromatic rings. The summed E-state index contributed by atoms with van der Waals surface area (Å²) in [5, 5.41) is 12.6. The highest BCUT2D eigenvalue weighted by atomic mass is 35.5. The Morgan fingerprint density at radius 3 is 2.48 bits per heavy atom. The number of aromatic nitrogens is 1. The van der Waals surface area contributed by atoms with Crippen LogP contribution in [0.3, 0.4) is 0 Å². The molecule has 33 heavy (non-hydrogen) atoms. The zero-order valence-electron chi connectivity index (χ0n) is 18.9. The standard InChI is InChI=1S/C25H25ClN2O5/c1-5-10-28-22(16-13-27(2)18-9-7-6-8-14(16)18)21(24(30)25(28)31)23(29)15-11-20(33-4)17(26)12-19(15)32-3/h6-9,11-13,22,29H,5,10H2,1-4H3/b23-21+. The third-order valence-corrected chi connectivity index (χ3v) is 6.25. The van der Waals surface area contributed by atoms with Gasteiger partial charge in [0.2, 0.25) is 0 Å². The zero-order valence-corrected chi connectivity index (χ0v) is 19.6. The van der Waals surface area contributed by atoms with Crippen LogP contribution in [0.25, 0.3) is 16.7 Å². The maximum atomic E-state index is 13.2. The first-order valence-corrected chi connectivity index (χ1v) is 11.0. The summed E-state index contributed by atoms with van der Waals surface area (Å²) in [4.78, 5) is 27.8. The normalized spacial score (nSPS) is 17.7. The molecule has 1 fully saturated rings. The van der Waals surface area contributed by atoms with Gasteiger partial charge in [-0.05, 0) is 18.6 Å². The van der Waals surface area contributed by atoms with Crippen LogP contribution >= 0.6 is 11.6 Å². The van der Waals surface area contributed by atoms with Crippen molar-refractivity contribution in [3.8, 4) is 11.5 Å². The molecule has 1 saturated heterocycles. The molecular formula is C25H25ClN2O5. The van der Waals surface area contributed by atoms with E-state index in [0.717, 1.165) is 16.5 Å². The number of halogens is 1. The SMILES string of the molecule is CCCN1C(=O)C(=O)/C(=C(/O)c2cc(OC)c(Cl)cc2OC)C1c1cn(C)c2ccccc12. The summed E-state index contributed by atoms with van der Waals surface area (Å²) >= 11 is 6.22. The molecule has 2 heterocycles. The van der Waals surface area contributed by atoms with Crippen LogP contribution in [0.4, 0.5) is 0 Å². The van der Waals surface area contributed by atoms with E-state index in [1.807, 2.05) is 49.0 Å². The predicted molar refractivity (Wildman–Crippen MR) is 127 cm³/mol. The predicted octanol–water partition coefficient (Wildman–Crippen LogP) is 4.68. The molecule has 0 saturated carbocycles. The summed E-state index contributed by atoms with van der Waals surface area (Å²) in [6.07, 6.45) is 2.56. The summed E-state index contributed by atoms with van der Waals surface area (Å²) in [7, 11) is 4.80. The Morgan fingerprint density at radius 2 is 1.82 bits per heavy atom. The smallest absolute Gasteiger partial charge is 0.295 e. The van der Waals surface area contributed by atoms with Crippen LogP contribution in [-0.4, -0.2) is 47.0 Å². The fourth-order valence-corrected chi connectivity index (χ4v) is 4.69. The van der Waals surface area contributed by atoms with Gasteiger partial charge in [0, 0.05) is 42.3 Å². The summed E-state index contributed by atoms with van der Waals surface area (Å²) in [5.41, 5.74) is 1.95. The van der Waals surface area contributed by atoms with Gasteiger partial charge in [-0.15, -0.1) is 0 Å². The minimum atomic E-state index is -0.748. The van der Waals surface area contributed by atoms with Gasteiger partial charge in [-0.25, -0.2) is 0 Å². The summed E-state index contributed by atoms with van der Waals surface area (Å²) < 4.78 is 12.6. The van der Waals surface area contributed by atoms with Gasteiger partial charge < -0.3 is 24.0 Å². The number of rotatable bonds is 6. The number of hydrogen-bond donors (Lipinski definition) is 1. The van der Waals surface area contributed by atoms with E-state index in [0.29, 0.717) is 23.7 Å². The van der Waals surface area contributed by atoms with Gasteiger partial charge in [-0.3, -0.25) is 9.59 Å². The molecule has 7 nitrogen and oxygen atoms in total. The molecule has 0 radical (unpaired) electrons. The van der Waals surface area contributed by atoms with Crippen molar-refractivity contribution < 1.29 is 24.2 Å². The molecule has 0 spiro atoms. The molecule has 1 unspecified atom stereocenters. The van der Waals surface area contributed by atoms with Crippen LogP contribution in [0.1, 0.15) is 30.5 Å². The molecular weight excluding hydrogens is 444 g/mol. The summed E-state index contributed by atoms with van der Waals surface area (Å²) in [6.45, 7) is 2.31. The largest absolute Gasteiger partial charge is 0.507 e. The van der Waals surface area contributed by atoms with Crippen molar-refractivity contribution >= 4 is 40.0 Å². The molecule has 172 valence electrons. The van der Waals surface area contributed by atoms with E-state index in [1.54, 1.807) is 0 Å². The number of fused-ring (bicyclic) bond motifs is 1. The number of carbonyl (C=O) groups excluding carboxylic acids is 2. The van der Waals surface area contributed by atoms with Crippen LogP contribution in [0, 0.1) is 0 Å². The van der Waals surface area contributed by atoms with Crippen LogP contribution in [0.2, 0.25) is 5.02 Å². The van der Waals surface area contributed by atoms with Crippen molar-refractivity contribution in [1.29, 1.82) is 0 Å². The molecule has 1 amide bonds. The second-order valence-corrected chi connectivity index (χ2v) is 8.30. The van der Waals surface area contributed by atoms with Crippen molar-refractivity contribution in [3.05, 3.63) is 64.3 Å². The van der Waals surface area contributed by atoms with E-state index in [4.69, 9.17) is 21.1 Å². The Balaban J connectivity index is 2.02. The van der Waals surface area contributed by atoms with Gasteiger partial charge >= 0.3 is 0 Å². The second-order valence-electron chi connectivity index (χ2n) is 7.89. The number of para-hydroxylation sites is 1. The molecule has 8 heteroatoms. The number of nitrogens with zero attached hydrogens (tertiary/aromatic N) is 2. The minimum absolute atomic E-state index is 0.00692. The lowest BCUT2D eigenvalue weighted by atomic mass is 9.94. The number of likely N-dealkylation sites (tertiary alicyclic amines) is 1. The highest BCUT2D eigenvalue weighted by Crippen LogP contribution is 2.44. The van der Waals surface area contributed by atoms with Gasteiger partial charge in [0.15, 0.2) is 0 Å². The van der Waals surface area contributed by atoms with Crippen LogP contribution in [-0.2, 0) is 16.6 Å². The lowest BCUT2D eigenvalue weighted by Crippen LogP contribution is -2.30. The van der Waals surface area contributed by atoms with Crippen LogP contribution in [0.15, 0.2) is 48.2 Å². The molecule has 0 bridgehead atoms. The molecule has 0 aliphatic carbocycles. The average Bonchev–Trinajstić information content (AvgIpc) is 3.27. The van der Waals surface area contributed by atoms with Crippen LogP contribution in [0.5, 0.6) is 11.5 Å². The van der Waals surface area contributed by atoms with Crippen LogP contribution < -0.4 is 9.47 Å². The molecule has 1 N–H and O–H groups in total. The molecule has 1 aliphatic rings. The topological polar surface area (TPSA) is 81.0 Å². The Labute approximate surface area is 196 Å². The molecule has 4 rings (SSSR count). The number of Topliss-reactive ketones (excluding diaryl/α,β-unsaturated/α-hetero) is 1. The average molecular weight is 469 g/mol. The van der Waals surface area contributed by atoms with Crippen molar-refractivity contribution in [2.75, 3.05) is 20.8 Å². The Morgan fingerprint density at radius 1 is 1.12 bits per heavy atom. The van der Waals surface area contributed by atoms with E-state index in [1.165, 1.54) is 31.3 Å². The zero-order chi connectivity index (χ0) is 23.9. The quantitative estimate of drug-likeness (QED) is 0.323. The number of hydrogen-bond acceptors (Lipinski definition) is 5. The molecule has 2 aromatic carbocycles. The fourth-order valence-electron chi connectivity index (χ4n) is 4.46. The number of aryl methyl sites for hydroxylation is 1. The van der Waals surface area contributed by atoms with E-state index in [9.17, 15) is 14.7 Å². The number of ketones is 1. The lowest BCUT2D eigenvalue weighted by Gasteiger charge is -2.24. The van der Waals surface area contributed by atoms with Gasteiger partial charge in [0.05, 0.1) is 36.4 Å². The van der Waals surface area contributed by atoms with Crippen molar-refractivity contribution in [3.63, 3.8) is 0 Å². The summed E-state index contributed by atoms with van der Waals surface area (Å²) in [6, 6.07) is 10.0. The number of aliphatic hydroxyl groups is 1. The van der Waals surface area contributed by atoms with Crippen molar-refractivity contribution in [1.82, 2.24) is 9.47 Å². The van der Waals surface area contributed by atoms with E-state index < -0.39 is 17.7 Å². The van der Waals surface area contributed by atoms with Gasteiger partial charge in [-0.1, -0.05) is 36.7 Å². The second kappa shape index (κ2) is 8.83. The number of methoxy groups -OCH3 is 2. The van der Waals surface area contributed by atoms with Gasteiger partial charge in [0.1, 0.15) is 17.3 Å². The first-order chi connectivity index (χ1) is 15.8. The maximum absolute atomic E-state index is 13.2. The monoisotopic (exact) mass is 468 g/mol. The van der Waals surface area contributed by atoms with Crippen molar-refractivity contribution in [2.45, 2.75) is 19.4 Å². The third kappa shape index (κ3) is 3.62. The first-order valence-electron chi connectivity index (χ1n) is 10.6. The molecule has 1 aromatic heterocycles. The molecule has 1 atom stereocenters. The van der Waals surface area contributed by atoms with Gasteiger partial charge in [-0.2, -0.15) is 0 Å². The van der Waals surface area contributed by atoms with E-state index >= 15 is 0 Å². The van der Waals surface area contributed by atoms with E-state index in [2.05, 4.69) is 0 Å². The van der Waals surface area contributed by atoms with E-state index in [-0.39, 0.29) is 22.6 Å². The maximum Gasteiger partial charge on any atom is 0.295 e. The third-order valence-electron chi connectivity index (χ3n) is 5.96. The highest BCUT2D eigenvalue weighted by molar-refractivity contribution is 6.46. The first kappa shape index (κ1) is 22.7.